The molecule has 0 radical (unpaired) electrons. The molecule has 1 spiro atoms. The molecule has 3 saturated heterocycles. The van der Waals surface area contributed by atoms with Crippen LogP contribution in [0.1, 0.15) is 59.8 Å². The summed E-state index contributed by atoms with van der Waals surface area (Å²) in [6.45, 7) is 10.2. The fourth-order valence-electron chi connectivity index (χ4n) is 6.80. The van der Waals surface area contributed by atoms with Gasteiger partial charge in [-0.05, 0) is 77.1 Å². The van der Waals surface area contributed by atoms with Gasteiger partial charge in [-0.25, -0.2) is 0 Å². The molecule has 0 aliphatic carbocycles. The van der Waals surface area contributed by atoms with Gasteiger partial charge in [-0.3, -0.25) is 14.4 Å². The second kappa shape index (κ2) is 11.0. The number of anilines is 2. The zero-order valence-corrected chi connectivity index (χ0v) is 22.5. The summed E-state index contributed by atoms with van der Waals surface area (Å²) in [6.07, 6.45) is 2.76. The largest absolute Gasteiger partial charge is 0.466 e. The number of aliphatic hydroxyl groups is 1. The Hall–Kier alpha value is -2.65. The van der Waals surface area contributed by atoms with Crippen LogP contribution >= 0.6 is 0 Å². The third-order valence-electron chi connectivity index (χ3n) is 8.54. The van der Waals surface area contributed by atoms with E-state index in [1.807, 2.05) is 31.2 Å². The van der Waals surface area contributed by atoms with Gasteiger partial charge in [-0.1, -0.05) is 6.92 Å². The summed E-state index contributed by atoms with van der Waals surface area (Å²) in [6, 6.07) is 6.83. The van der Waals surface area contributed by atoms with Crippen molar-refractivity contribution in [3.63, 3.8) is 0 Å². The maximum absolute atomic E-state index is 13.9. The lowest BCUT2D eigenvalue weighted by atomic mass is 9.65. The quantitative estimate of drug-likeness (QED) is 0.325. The summed E-state index contributed by atoms with van der Waals surface area (Å²) >= 11 is 0. The van der Waals surface area contributed by atoms with E-state index in [0.717, 1.165) is 18.8 Å². The first-order valence-corrected chi connectivity index (χ1v) is 13.8. The molecule has 37 heavy (non-hydrogen) atoms. The monoisotopic (exact) mass is 515 g/mol. The highest BCUT2D eigenvalue weighted by molar-refractivity contribution is 6.03. The minimum atomic E-state index is -1.07. The van der Waals surface area contributed by atoms with Gasteiger partial charge in [0, 0.05) is 37.6 Å². The Morgan fingerprint density at radius 3 is 2.43 bits per heavy atom. The first-order chi connectivity index (χ1) is 17.8. The van der Waals surface area contributed by atoms with Crippen LogP contribution in [0, 0.1) is 11.8 Å². The number of likely N-dealkylation sites (tertiary alicyclic amines) is 1. The third kappa shape index (κ3) is 4.50. The van der Waals surface area contributed by atoms with Gasteiger partial charge < -0.3 is 29.7 Å². The number of amides is 2. The standard InChI is InChI=1S/C28H41N3O6/c1-5-27-15-16-28(37-27)21(22(27)26(35)36-8-4)25(34)31(17-9-10-18-32)23(28)24(33)29-19-11-13-20(14-12-19)30(6-2)7-3/h11-14,21-23,32H,5-10,15-18H2,1-4H3,(H,29,33)/t21-,22-,23?,27+,28?/m0/s1. The van der Waals surface area contributed by atoms with Gasteiger partial charge in [0.05, 0.1) is 18.1 Å². The number of fused-ring (bicyclic) bond motifs is 1. The zero-order valence-electron chi connectivity index (χ0n) is 22.5. The van der Waals surface area contributed by atoms with Gasteiger partial charge in [0.2, 0.25) is 11.8 Å². The Morgan fingerprint density at radius 1 is 1.14 bits per heavy atom. The van der Waals surface area contributed by atoms with Crippen LogP contribution in [-0.4, -0.2) is 77.9 Å². The van der Waals surface area contributed by atoms with Crippen LogP contribution in [0.15, 0.2) is 24.3 Å². The molecule has 2 N–H and O–H groups in total. The topological polar surface area (TPSA) is 108 Å². The Balaban J connectivity index is 1.66. The lowest BCUT2D eigenvalue weighted by molar-refractivity contribution is -0.160. The second-order valence-electron chi connectivity index (χ2n) is 10.3. The smallest absolute Gasteiger partial charge is 0.312 e. The number of hydrogen-bond donors (Lipinski definition) is 2. The van der Waals surface area contributed by atoms with Crippen LogP contribution in [0.4, 0.5) is 11.4 Å². The van der Waals surface area contributed by atoms with E-state index < -0.39 is 35.0 Å². The molecule has 9 nitrogen and oxygen atoms in total. The fraction of sp³-hybridized carbons (Fsp3) is 0.679. The molecule has 0 saturated carbocycles. The molecule has 3 aliphatic rings. The van der Waals surface area contributed by atoms with E-state index in [0.29, 0.717) is 44.3 Å². The molecular weight excluding hydrogens is 474 g/mol. The van der Waals surface area contributed by atoms with E-state index in [1.165, 1.54) is 0 Å². The average Bonchev–Trinajstić information content (AvgIpc) is 3.50. The fourth-order valence-corrected chi connectivity index (χ4v) is 6.80. The SMILES string of the molecule is CCOC(=O)[C@@H]1[C@H]2C(=O)N(CCCCO)C(C(=O)Nc3ccc(N(CC)CC)cc3)C23CC[C@@]1(CC)O3. The first kappa shape index (κ1) is 27.4. The number of benzene rings is 1. The van der Waals surface area contributed by atoms with E-state index in [1.54, 1.807) is 11.8 Å². The Bertz CT molecular complexity index is 996. The van der Waals surface area contributed by atoms with E-state index in [4.69, 9.17) is 9.47 Å². The van der Waals surface area contributed by atoms with Crippen molar-refractivity contribution in [2.75, 3.05) is 43.1 Å². The van der Waals surface area contributed by atoms with Crippen molar-refractivity contribution in [3.05, 3.63) is 24.3 Å². The van der Waals surface area contributed by atoms with E-state index in [2.05, 4.69) is 24.1 Å². The Labute approximate surface area is 219 Å². The summed E-state index contributed by atoms with van der Waals surface area (Å²) in [5.74, 6) is -2.46. The molecule has 1 aromatic carbocycles. The Morgan fingerprint density at radius 2 is 1.84 bits per heavy atom. The summed E-state index contributed by atoms with van der Waals surface area (Å²) in [7, 11) is 0. The number of nitrogens with one attached hydrogen (secondary N) is 1. The van der Waals surface area contributed by atoms with Crippen LogP contribution in [0.5, 0.6) is 0 Å². The maximum atomic E-state index is 13.9. The molecule has 3 fully saturated rings. The van der Waals surface area contributed by atoms with Crippen LogP contribution in [0.3, 0.4) is 0 Å². The summed E-state index contributed by atoms with van der Waals surface area (Å²) in [5.41, 5.74) is -0.158. The van der Waals surface area contributed by atoms with Gasteiger partial charge in [0.25, 0.3) is 0 Å². The molecule has 5 atom stereocenters. The minimum Gasteiger partial charge on any atom is -0.466 e. The predicted octanol–water partition coefficient (Wildman–Crippen LogP) is 2.96. The molecule has 2 bridgehead atoms. The van der Waals surface area contributed by atoms with Crippen molar-refractivity contribution >= 4 is 29.2 Å². The molecule has 2 unspecified atom stereocenters. The molecule has 1 aromatic rings. The molecule has 2 amide bonds. The number of nitrogens with zero attached hydrogens (tertiary/aromatic N) is 2. The Kier molecular flexibility index (Phi) is 8.14. The van der Waals surface area contributed by atoms with Crippen molar-refractivity contribution in [1.82, 2.24) is 4.90 Å². The normalized spacial score (nSPS) is 29.9. The molecule has 9 heteroatoms. The zero-order chi connectivity index (χ0) is 26.8. The van der Waals surface area contributed by atoms with E-state index >= 15 is 0 Å². The molecule has 4 rings (SSSR count). The van der Waals surface area contributed by atoms with Crippen molar-refractivity contribution in [1.29, 1.82) is 0 Å². The number of esters is 1. The number of ether oxygens (including phenoxy) is 2. The number of rotatable bonds is 12. The van der Waals surface area contributed by atoms with Crippen LogP contribution < -0.4 is 10.2 Å². The third-order valence-corrected chi connectivity index (χ3v) is 8.54. The molecule has 0 aromatic heterocycles. The number of aliphatic hydroxyl groups excluding tert-OH is 1. The van der Waals surface area contributed by atoms with Gasteiger partial charge in [0.1, 0.15) is 17.6 Å². The molecule has 3 heterocycles. The average molecular weight is 516 g/mol. The van der Waals surface area contributed by atoms with E-state index in [9.17, 15) is 19.5 Å². The highest BCUT2D eigenvalue weighted by Gasteiger charge is 2.78. The highest BCUT2D eigenvalue weighted by Crippen LogP contribution is 2.64. The number of carbonyl (C=O) groups excluding carboxylic acids is 3. The predicted molar refractivity (Wildman–Crippen MR) is 140 cm³/mol. The van der Waals surface area contributed by atoms with Crippen LogP contribution in [-0.2, 0) is 23.9 Å². The van der Waals surface area contributed by atoms with Gasteiger partial charge in [-0.2, -0.15) is 0 Å². The van der Waals surface area contributed by atoms with Gasteiger partial charge >= 0.3 is 5.97 Å². The summed E-state index contributed by atoms with van der Waals surface area (Å²) in [4.78, 5) is 44.7. The van der Waals surface area contributed by atoms with Crippen LogP contribution in [0.2, 0.25) is 0 Å². The van der Waals surface area contributed by atoms with Gasteiger partial charge in [-0.15, -0.1) is 0 Å². The second-order valence-corrected chi connectivity index (χ2v) is 10.3. The molecule has 204 valence electrons. The lowest BCUT2D eigenvalue weighted by Crippen LogP contribution is -2.53. The van der Waals surface area contributed by atoms with Crippen molar-refractivity contribution < 1.29 is 29.0 Å². The minimum absolute atomic E-state index is 0.00719. The number of hydrogen-bond acceptors (Lipinski definition) is 7. The lowest BCUT2D eigenvalue weighted by Gasteiger charge is -2.33. The van der Waals surface area contributed by atoms with Crippen LogP contribution in [0.25, 0.3) is 0 Å². The maximum Gasteiger partial charge on any atom is 0.312 e. The van der Waals surface area contributed by atoms with Crippen molar-refractivity contribution in [2.24, 2.45) is 11.8 Å². The summed E-state index contributed by atoms with van der Waals surface area (Å²) < 4.78 is 12.1. The molecule has 3 aliphatic heterocycles. The van der Waals surface area contributed by atoms with Gasteiger partial charge in [0.15, 0.2) is 0 Å². The van der Waals surface area contributed by atoms with E-state index in [-0.39, 0.29) is 25.0 Å². The molecular formula is C28H41N3O6. The first-order valence-electron chi connectivity index (χ1n) is 13.8. The van der Waals surface area contributed by atoms with Crippen molar-refractivity contribution in [3.8, 4) is 0 Å². The number of unbranched alkanes of at least 4 members (excludes halogenated alkanes) is 1. The highest BCUT2D eigenvalue weighted by atomic mass is 16.6. The number of carbonyl (C=O) groups is 3. The van der Waals surface area contributed by atoms with Crippen molar-refractivity contribution in [2.45, 2.75) is 77.0 Å². The summed E-state index contributed by atoms with van der Waals surface area (Å²) in [5, 5.41) is 12.3.